The van der Waals surface area contributed by atoms with Crippen molar-refractivity contribution >= 4 is 27.5 Å². The van der Waals surface area contributed by atoms with Gasteiger partial charge in [-0.1, -0.05) is 22.0 Å². The number of methoxy groups -OCH3 is 1. The van der Waals surface area contributed by atoms with E-state index in [0.717, 1.165) is 62.5 Å². The van der Waals surface area contributed by atoms with Gasteiger partial charge in [0.1, 0.15) is 0 Å². The van der Waals surface area contributed by atoms with Crippen molar-refractivity contribution in [3.05, 3.63) is 28.7 Å². The number of ether oxygens (including phenoxy) is 1. The molecular formula is C18H26BrN3O2. The maximum Gasteiger partial charge on any atom is 0.247 e. The van der Waals surface area contributed by atoms with E-state index in [2.05, 4.69) is 32.7 Å². The summed E-state index contributed by atoms with van der Waals surface area (Å²) in [4.78, 5) is 19.8. The molecule has 5 nitrogen and oxygen atoms in total. The molecule has 1 amide bonds. The Morgan fingerprint density at radius 2 is 1.96 bits per heavy atom. The van der Waals surface area contributed by atoms with Crippen LogP contribution in [0.5, 0.6) is 0 Å². The maximum absolute atomic E-state index is 13.1. The van der Waals surface area contributed by atoms with E-state index >= 15 is 0 Å². The molecule has 0 saturated carbocycles. The van der Waals surface area contributed by atoms with Crippen molar-refractivity contribution in [1.29, 1.82) is 0 Å². The number of halogens is 1. The van der Waals surface area contributed by atoms with Crippen LogP contribution in [0.25, 0.3) is 0 Å². The number of benzene rings is 1. The minimum absolute atomic E-state index is 0.228. The summed E-state index contributed by atoms with van der Waals surface area (Å²) in [5, 5.41) is 0. The van der Waals surface area contributed by atoms with Crippen molar-refractivity contribution in [2.24, 2.45) is 0 Å². The van der Waals surface area contributed by atoms with E-state index in [4.69, 9.17) is 4.74 Å². The van der Waals surface area contributed by atoms with Crippen molar-refractivity contribution < 1.29 is 9.53 Å². The monoisotopic (exact) mass is 395 g/mol. The van der Waals surface area contributed by atoms with Gasteiger partial charge in [0.05, 0.1) is 12.1 Å². The Hall–Kier alpha value is -0.950. The van der Waals surface area contributed by atoms with Gasteiger partial charge in [0, 0.05) is 56.5 Å². The molecule has 2 saturated heterocycles. The van der Waals surface area contributed by atoms with Crippen LogP contribution in [0.15, 0.2) is 28.7 Å². The molecule has 24 heavy (non-hydrogen) atoms. The molecule has 0 N–H and O–H groups in total. The highest BCUT2D eigenvalue weighted by Crippen LogP contribution is 2.34. The summed E-state index contributed by atoms with van der Waals surface area (Å²) < 4.78 is 6.17. The quantitative estimate of drug-likeness (QED) is 0.765. The first kappa shape index (κ1) is 17.9. The summed E-state index contributed by atoms with van der Waals surface area (Å²) in [6, 6.07) is 8.00. The SMILES string of the molecule is COCCN1CCN(C2(C)CCN(c3cccc(Br)c3)C2=O)CC1. The molecule has 132 valence electrons. The van der Waals surface area contributed by atoms with Gasteiger partial charge >= 0.3 is 0 Å². The molecule has 0 aliphatic carbocycles. The Balaban J connectivity index is 1.65. The van der Waals surface area contributed by atoms with Gasteiger partial charge in [0.15, 0.2) is 0 Å². The third kappa shape index (κ3) is 3.52. The number of carbonyl (C=O) groups is 1. The summed E-state index contributed by atoms with van der Waals surface area (Å²) in [6.07, 6.45) is 0.885. The van der Waals surface area contributed by atoms with Gasteiger partial charge in [-0.15, -0.1) is 0 Å². The van der Waals surface area contributed by atoms with Crippen molar-refractivity contribution in [3.63, 3.8) is 0 Å². The molecule has 2 aliphatic rings. The van der Waals surface area contributed by atoms with E-state index in [9.17, 15) is 4.79 Å². The van der Waals surface area contributed by atoms with Crippen LogP contribution in [0.3, 0.4) is 0 Å². The lowest BCUT2D eigenvalue weighted by molar-refractivity contribution is -0.128. The van der Waals surface area contributed by atoms with E-state index in [1.165, 1.54) is 0 Å². The van der Waals surface area contributed by atoms with E-state index in [-0.39, 0.29) is 11.4 Å². The number of anilines is 1. The highest BCUT2D eigenvalue weighted by atomic mass is 79.9. The lowest BCUT2D eigenvalue weighted by atomic mass is 9.97. The maximum atomic E-state index is 13.1. The number of amides is 1. The Bertz CT molecular complexity index is 589. The largest absolute Gasteiger partial charge is 0.383 e. The van der Waals surface area contributed by atoms with Gasteiger partial charge < -0.3 is 9.64 Å². The minimum Gasteiger partial charge on any atom is -0.383 e. The molecule has 0 bridgehead atoms. The van der Waals surface area contributed by atoms with Gasteiger partial charge in [0.2, 0.25) is 5.91 Å². The number of piperazine rings is 1. The molecule has 0 aromatic heterocycles. The molecule has 0 radical (unpaired) electrons. The lowest BCUT2D eigenvalue weighted by Crippen LogP contribution is -2.59. The van der Waals surface area contributed by atoms with Gasteiger partial charge in [-0.3, -0.25) is 14.6 Å². The van der Waals surface area contributed by atoms with Crippen LogP contribution >= 0.6 is 15.9 Å². The third-order valence-corrected chi connectivity index (χ3v) is 5.82. The average molecular weight is 396 g/mol. The molecule has 6 heteroatoms. The second kappa shape index (κ2) is 7.52. The van der Waals surface area contributed by atoms with Crippen molar-refractivity contribution in [3.8, 4) is 0 Å². The fourth-order valence-electron chi connectivity index (χ4n) is 3.70. The molecule has 1 aromatic carbocycles. The lowest BCUT2D eigenvalue weighted by Gasteiger charge is -2.42. The van der Waals surface area contributed by atoms with E-state index in [0.29, 0.717) is 0 Å². The predicted molar refractivity (Wildman–Crippen MR) is 99.4 cm³/mol. The molecule has 3 rings (SSSR count). The van der Waals surface area contributed by atoms with Gasteiger partial charge in [-0.05, 0) is 31.5 Å². The Morgan fingerprint density at radius 1 is 1.21 bits per heavy atom. The van der Waals surface area contributed by atoms with E-state index < -0.39 is 0 Å². The molecule has 2 heterocycles. The summed E-state index contributed by atoms with van der Waals surface area (Å²) in [7, 11) is 1.74. The zero-order valence-corrected chi connectivity index (χ0v) is 16.1. The molecule has 2 aliphatic heterocycles. The van der Waals surface area contributed by atoms with Gasteiger partial charge in [-0.25, -0.2) is 0 Å². The number of hydrogen-bond donors (Lipinski definition) is 0. The first-order valence-electron chi connectivity index (χ1n) is 8.58. The average Bonchev–Trinajstić information content (AvgIpc) is 2.90. The highest BCUT2D eigenvalue weighted by Gasteiger charge is 2.48. The topological polar surface area (TPSA) is 36.0 Å². The minimum atomic E-state index is -0.379. The van der Waals surface area contributed by atoms with E-state index in [1.54, 1.807) is 7.11 Å². The van der Waals surface area contributed by atoms with Crippen LogP contribution in [0, 0.1) is 0 Å². The summed E-state index contributed by atoms with van der Waals surface area (Å²) in [6.45, 7) is 8.53. The number of nitrogens with zero attached hydrogens (tertiary/aromatic N) is 3. The second-order valence-electron chi connectivity index (χ2n) is 6.78. The van der Waals surface area contributed by atoms with E-state index in [1.807, 2.05) is 29.2 Å². The fraction of sp³-hybridized carbons (Fsp3) is 0.611. The number of rotatable bonds is 5. The Kier molecular flexibility index (Phi) is 5.59. The zero-order chi connectivity index (χ0) is 17.2. The van der Waals surface area contributed by atoms with Gasteiger partial charge in [0.25, 0.3) is 0 Å². The summed E-state index contributed by atoms with van der Waals surface area (Å²) in [5.74, 6) is 0.228. The molecule has 1 atom stereocenters. The third-order valence-electron chi connectivity index (χ3n) is 5.33. The van der Waals surface area contributed by atoms with Crippen LogP contribution in [0.4, 0.5) is 5.69 Å². The van der Waals surface area contributed by atoms with Crippen LogP contribution < -0.4 is 4.90 Å². The first-order chi connectivity index (χ1) is 11.5. The van der Waals surface area contributed by atoms with Crippen LogP contribution in [0.2, 0.25) is 0 Å². The Morgan fingerprint density at radius 3 is 2.62 bits per heavy atom. The fourth-order valence-corrected chi connectivity index (χ4v) is 4.09. The van der Waals surface area contributed by atoms with Crippen molar-refractivity contribution in [1.82, 2.24) is 9.80 Å². The van der Waals surface area contributed by atoms with Crippen molar-refractivity contribution in [2.75, 3.05) is 57.9 Å². The van der Waals surface area contributed by atoms with Crippen LogP contribution in [-0.2, 0) is 9.53 Å². The predicted octanol–water partition coefficient (Wildman–Crippen LogP) is 2.21. The summed E-state index contributed by atoms with van der Waals surface area (Å²) in [5.41, 5.74) is 0.604. The number of hydrogen-bond acceptors (Lipinski definition) is 4. The standard InChI is InChI=1S/C18H26BrN3O2/c1-18(21-10-8-20(9-11-21)12-13-24-2)6-7-22(17(18)23)16-5-3-4-15(19)14-16/h3-5,14H,6-13H2,1-2H3. The molecule has 2 fully saturated rings. The van der Waals surface area contributed by atoms with Gasteiger partial charge in [-0.2, -0.15) is 0 Å². The highest BCUT2D eigenvalue weighted by molar-refractivity contribution is 9.10. The molecule has 0 spiro atoms. The normalized spacial score (nSPS) is 26.3. The second-order valence-corrected chi connectivity index (χ2v) is 7.70. The first-order valence-corrected chi connectivity index (χ1v) is 9.38. The number of carbonyl (C=O) groups excluding carboxylic acids is 1. The zero-order valence-electron chi connectivity index (χ0n) is 14.5. The molecule has 1 aromatic rings. The smallest absolute Gasteiger partial charge is 0.247 e. The van der Waals surface area contributed by atoms with Crippen LogP contribution in [0.1, 0.15) is 13.3 Å². The summed E-state index contributed by atoms with van der Waals surface area (Å²) >= 11 is 3.50. The van der Waals surface area contributed by atoms with Crippen molar-refractivity contribution in [2.45, 2.75) is 18.9 Å². The van der Waals surface area contributed by atoms with Crippen LogP contribution in [-0.4, -0.2) is 74.2 Å². The molecule has 1 unspecified atom stereocenters. The Labute approximate surface area is 152 Å². The molecular weight excluding hydrogens is 370 g/mol.